The number of benzene rings is 2. The van der Waals surface area contributed by atoms with Crippen LogP contribution in [0.25, 0.3) is 0 Å². The second kappa shape index (κ2) is 11.1. The molecule has 1 aliphatic heterocycles. The zero-order chi connectivity index (χ0) is 23.3. The first-order valence-corrected chi connectivity index (χ1v) is 12.7. The zero-order valence-corrected chi connectivity index (χ0v) is 20.9. The van der Waals surface area contributed by atoms with E-state index in [0.29, 0.717) is 44.8 Å². The van der Waals surface area contributed by atoms with Crippen LogP contribution in [0.4, 0.5) is 25.8 Å². The Bertz CT molecular complexity index is 1050. The van der Waals surface area contributed by atoms with Crippen LogP contribution in [0.3, 0.4) is 0 Å². The average molecular weight is 580 g/mol. The number of anilines is 3. The van der Waals surface area contributed by atoms with Gasteiger partial charge in [-0.1, -0.05) is 0 Å². The molecular formula is C21H27F2IN4O3S. The van der Waals surface area contributed by atoms with E-state index in [9.17, 15) is 17.2 Å². The number of nitrogens with one attached hydrogen (secondary N) is 3. The molecule has 1 fully saturated rings. The maximum atomic E-state index is 14.7. The Balaban J connectivity index is 1.76. The molecule has 0 atom stereocenters. The van der Waals surface area contributed by atoms with Gasteiger partial charge in [-0.2, -0.15) is 12.7 Å². The predicted molar refractivity (Wildman–Crippen MR) is 131 cm³/mol. The Hall–Kier alpha value is -1.54. The number of methoxy groups -OCH3 is 1. The lowest BCUT2D eigenvalue weighted by Crippen LogP contribution is -2.47. The van der Waals surface area contributed by atoms with Gasteiger partial charge in [0.2, 0.25) is 0 Å². The Morgan fingerprint density at radius 2 is 1.84 bits per heavy atom. The van der Waals surface area contributed by atoms with Crippen molar-refractivity contribution in [2.75, 3.05) is 43.4 Å². The topological polar surface area (TPSA) is 82.7 Å². The fraction of sp³-hybridized carbons (Fsp3) is 0.429. The Morgan fingerprint density at radius 3 is 2.50 bits per heavy atom. The molecule has 1 heterocycles. The summed E-state index contributed by atoms with van der Waals surface area (Å²) < 4.78 is 64.3. The van der Waals surface area contributed by atoms with E-state index in [0.717, 1.165) is 15.2 Å². The van der Waals surface area contributed by atoms with Gasteiger partial charge < -0.3 is 15.4 Å². The van der Waals surface area contributed by atoms with Gasteiger partial charge in [-0.25, -0.2) is 8.78 Å². The third kappa shape index (κ3) is 6.28. The van der Waals surface area contributed by atoms with Crippen LogP contribution in [-0.4, -0.2) is 52.1 Å². The maximum Gasteiger partial charge on any atom is 0.301 e. The lowest BCUT2D eigenvalue weighted by atomic mass is 10.1. The molecular weight excluding hydrogens is 553 g/mol. The van der Waals surface area contributed by atoms with Crippen LogP contribution >= 0.6 is 22.6 Å². The summed E-state index contributed by atoms with van der Waals surface area (Å²) in [5.41, 5.74) is 1.06. The molecule has 1 aliphatic rings. The summed E-state index contributed by atoms with van der Waals surface area (Å²) in [5, 5.41) is 6.19. The number of rotatable bonds is 9. The average Bonchev–Trinajstić information content (AvgIpc) is 2.75. The molecule has 1 saturated heterocycles. The molecule has 0 amide bonds. The summed E-state index contributed by atoms with van der Waals surface area (Å²) in [5.74, 6) is -2.22. The highest BCUT2D eigenvalue weighted by Gasteiger charge is 2.29. The van der Waals surface area contributed by atoms with Crippen molar-refractivity contribution in [2.24, 2.45) is 0 Å². The van der Waals surface area contributed by atoms with Gasteiger partial charge in [0.25, 0.3) is 0 Å². The van der Waals surface area contributed by atoms with Crippen LogP contribution in [0.5, 0.6) is 0 Å². The molecule has 0 aliphatic carbocycles. The van der Waals surface area contributed by atoms with Gasteiger partial charge in [-0.05, 0) is 78.3 Å². The van der Waals surface area contributed by atoms with Crippen LogP contribution in [-0.2, 0) is 14.9 Å². The summed E-state index contributed by atoms with van der Waals surface area (Å²) in [6.07, 6.45) is 1.30. The van der Waals surface area contributed by atoms with E-state index in [1.807, 2.05) is 19.1 Å². The van der Waals surface area contributed by atoms with E-state index in [-0.39, 0.29) is 17.4 Å². The number of hydrogen-bond acceptors (Lipinski definition) is 5. The smallest absolute Gasteiger partial charge is 0.301 e. The number of ether oxygens (including phenoxy) is 1. The van der Waals surface area contributed by atoms with E-state index in [1.54, 1.807) is 13.2 Å². The van der Waals surface area contributed by atoms with Gasteiger partial charge in [-0.3, -0.25) is 4.72 Å². The van der Waals surface area contributed by atoms with E-state index < -0.39 is 21.8 Å². The standard InChI is InChI=1S/C21H27F2IN4O3S/c1-14-13-15(24)3-5-18(14)26-21-19(6-4-17(22)20(21)23)27-32(29,30)28-10-7-16(8-11-28)25-9-12-31-2/h3-6,13,16,25-27H,7-12H2,1-2H3. The molecule has 11 heteroatoms. The van der Waals surface area contributed by atoms with Crippen molar-refractivity contribution in [2.45, 2.75) is 25.8 Å². The second-order valence-electron chi connectivity index (χ2n) is 7.60. The summed E-state index contributed by atoms with van der Waals surface area (Å²) in [6.45, 7) is 3.77. The summed E-state index contributed by atoms with van der Waals surface area (Å²) in [4.78, 5) is 0. The Labute approximate surface area is 201 Å². The van der Waals surface area contributed by atoms with Crippen molar-refractivity contribution >= 4 is 49.9 Å². The van der Waals surface area contributed by atoms with Crippen LogP contribution in [0, 0.1) is 22.1 Å². The largest absolute Gasteiger partial charge is 0.383 e. The number of piperidine rings is 1. The molecule has 0 aromatic heterocycles. The lowest BCUT2D eigenvalue weighted by molar-refractivity contribution is 0.189. The maximum absolute atomic E-state index is 14.7. The van der Waals surface area contributed by atoms with E-state index in [1.165, 1.54) is 10.4 Å². The molecule has 32 heavy (non-hydrogen) atoms. The molecule has 3 N–H and O–H groups in total. The van der Waals surface area contributed by atoms with Crippen molar-refractivity contribution in [3.05, 3.63) is 51.1 Å². The van der Waals surface area contributed by atoms with E-state index >= 15 is 0 Å². The number of halogens is 3. The van der Waals surface area contributed by atoms with Crippen molar-refractivity contribution in [3.8, 4) is 0 Å². The van der Waals surface area contributed by atoms with Crippen molar-refractivity contribution < 1.29 is 21.9 Å². The molecule has 0 radical (unpaired) electrons. The second-order valence-corrected chi connectivity index (χ2v) is 10.5. The van der Waals surface area contributed by atoms with Crippen molar-refractivity contribution in [1.29, 1.82) is 0 Å². The zero-order valence-electron chi connectivity index (χ0n) is 17.9. The van der Waals surface area contributed by atoms with Gasteiger partial charge in [0.15, 0.2) is 11.6 Å². The van der Waals surface area contributed by atoms with E-state index in [4.69, 9.17) is 4.74 Å². The molecule has 176 valence electrons. The molecule has 0 spiro atoms. The molecule has 0 bridgehead atoms. The van der Waals surface area contributed by atoms with Crippen LogP contribution in [0.2, 0.25) is 0 Å². The molecule has 3 rings (SSSR count). The minimum absolute atomic E-state index is 0.0535. The fourth-order valence-electron chi connectivity index (χ4n) is 3.53. The molecule has 7 nitrogen and oxygen atoms in total. The van der Waals surface area contributed by atoms with E-state index in [2.05, 4.69) is 37.9 Å². The SMILES string of the molecule is COCCNC1CCN(S(=O)(=O)Nc2ccc(F)c(F)c2Nc2ccc(I)cc2C)CC1. The van der Waals surface area contributed by atoms with Crippen LogP contribution in [0.15, 0.2) is 30.3 Å². The first kappa shape index (κ1) is 25.1. The third-order valence-electron chi connectivity index (χ3n) is 5.31. The first-order valence-electron chi connectivity index (χ1n) is 10.2. The number of hydrogen-bond donors (Lipinski definition) is 3. The van der Waals surface area contributed by atoms with Gasteiger partial charge in [0, 0.05) is 42.0 Å². The van der Waals surface area contributed by atoms with Gasteiger partial charge in [0.1, 0.15) is 5.69 Å². The minimum atomic E-state index is -3.95. The lowest BCUT2D eigenvalue weighted by Gasteiger charge is -2.32. The summed E-state index contributed by atoms with van der Waals surface area (Å²) in [7, 11) is -2.32. The predicted octanol–water partition coefficient (Wildman–Crippen LogP) is 3.98. The number of nitrogens with zero attached hydrogens (tertiary/aromatic N) is 1. The van der Waals surface area contributed by atoms with Crippen LogP contribution in [0.1, 0.15) is 18.4 Å². The number of aryl methyl sites for hydroxylation is 1. The monoisotopic (exact) mass is 580 g/mol. The highest BCUT2D eigenvalue weighted by Crippen LogP contribution is 2.33. The normalized spacial score (nSPS) is 15.7. The molecule has 2 aromatic rings. The third-order valence-corrected chi connectivity index (χ3v) is 7.51. The van der Waals surface area contributed by atoms with Crippen molar-refractivity contribution in [1.82, 2.24) is 9.62 Å². The highest BCUT2D eigenvalue weighted by molar-refractivity contribution is 14.1. The molecule has 0 unspecified atom stereocenters. The highest BCUT2D eigenvalue weighted by atomic mass is 127. The Kier molecular flexibility index (Phi) is 8.67. The van der Waals surface area contributed by atoms with Gasteiger partial charge in [0.05, 0.1) is 12.3 Å². The molecule has 2 aromatic carbocycles. The van der Waals surface area contributed by atoms with Gasteiger partial charge >= 0.3 is 10.2 Å². The molecule has 0 saturated carbocycles. The Morgan fingerprint density at radius 1 is 1.16 bits per heavy atom. The minimum Gasteiger partial charge on any atom is -0.383 e. The summed E-state index contributed by atoms with van der Waals surface area (Å²) in [6, 6.07) is 7.78. The van der Waals surface area contributed by atoms with Crippen molar-refractivity contribution in [3.63, 3.8) is 0 Å². The van der Waals surface area contributed by atoms with Crippen LogP contribution < -0.4 is 15.4 Å². The quantitative estimate of drug-likeness (QED) is 0.309. The summed E-state index contributed by atoms with van der Waals surface area (Å²) >= 11 is 2.16. The first-order chi connectivity index (χ1) is 15.2. The van der Waals surface area contributed by atoms with Gasteiger partial charge in [-0.15, -0.1) is 0 Å². The fourth-order valence-corrected chi connectivity index (χ4v) is 5.44.